The Morgan fingerprint density at radius 2 is 1.85 bits per heavy atom. The van der Waals surface area contributed by atoms with Crippen LogP contribution in [-0.2, 0) is 11.2 Å². The summed E-state index contributed by atoms with van der Waals surface area (Å²) in [6.45, 7) is 0. The van der Waals surface area contributed by atoms with Crippen LogP contribution in [0.1, 0.15) is 5.56 Å². The third-order valence-electron chi connectivity index (χ3n) is 3.76. The highest BCUT2D eigenvalue weighted by Gasteiger charge is 2.07. The molecule has 1 aromatic heterocycles. The molecule has 3 rings (SSSR count). The lowest BCUT2D eigenvalue weighted by Gasteiger charge is -2.09. The summed E-state index contributed by atoms with van der Waals surface area (Å²) in [6, 6.07) is 13.7. The molecule has 2 N–H and O–H groups in total. The predicted octanol–water partition coefficient (Wildman–Crippen LogP) is 4.29. The summed E-state index contributed by atoms with van der Waals surface area (Å²) >= 11 is 0. The number of hydrogen-bond acceptors (Lipinski definition) is 4. The molecule has 0 saturated heterocycles. The van der Waals surface area contributed by atoms with E-state index in [4.69, 9.17) is 4.74 Å². The van der Waals surface area contributed by atoms with Crippen LogP contribution < -0.4 is 15.4 Å². The number of anilines is 3. The highest BCUT2D eigenvalue weighted by Crippen LogP contribution is 2.21. The number of amides is 1. The molecule has 3 aromatic rings. The second kappa shape index (κ2) is 8.27. The highest BCUT2D eigenvalue weighted by molar-refractivity contribution is 5.91. The first-order valence-electron chi connectivity index (χ1n) is 8.14. The Bertz CT molecular complexity index is 929. The van der Waals surface area contributed by atoms with E-state index in [1.165, 1.54) is 12.3 Å². The number of pyridine rings is 1. The fourth-order valence-corrected chi connectivity index (χ4v) is 2.40. The van der Waals surface area contributed by atoms with Gasteiger partial charge in [0.1, 0.15) is 23.2 Å². The molecule has 138 valence electrons. The number of halogens is 2. The summed E-state index contributed by atoms with van der Waals surface area (Å²) in [4.78, 5) is 16.2. The van der Waals surface area contributed by atoms with Gasteiger partial charge in [-0.25, -0.2) is 13.8 Å². The van der Waals surface area contributed by atoms with Crippen molar-refractivity contribution in [3.63, 3.8) is 0 Å². The van der Waals surface area contributed by atoms with Crippen LogP contribution in [0.5, 0.6) is 5.75 Å². The topological polar surface area (TPSA) is 63.2 Å². The van der Waals surface area contributed by atoms with E-state index < -0.39 is 11.6 Å². The molecule has 1 heterocycles. The number of ether oxygens (including phenoxy) is 1. The van der Waals surface area contributed by atoms with Gasteiger partial charge in [0.2, 0.25) is 5.91 Å². The summed E-state index contributed by atoms with van der Waals surface area (Å²) in [6.07, 6.45) is 1.65. The molecule has 0 unspecified atom stereocenters. The van der Waals surface area contributed by atoms with E-state index in [-0.39, 0.29) is 18.0 Å². The van der Waals surface area contributed by atoms with E-state index in [0.717, 1.165) is 23.4 Å². The SMILES string of the molecule is COc1ccc(CC(=O)Nc2ccc(Nc3ccc(F)cc3F)cn2)cc1. The molecule has 0 fully saturated rings. The largest absolute Gasteiger partial charge is 0.497 e. The van der Waals surface area contributed by atoms with Crippen LogP contribution in [0.3, 0.4) is 0 Å². The lowest BCUT2D eigenvalue weighted by Crippen LogP contribution is -2.15. The molecule has 7 heteroatoms. The molecule has 0 aliphatic heterocycles. The Morgan fingerprint density at radius 3 is 2.48 bits per heavy atom. The molecule has 0 radical (unpaired) electrons. The van der Waals surface area contributed by atoms with Crippen LogP contribution >= 0.6 is 0 Å². The first-order valence-corrected chi connectivity index (χ1v) is 8.14. The molecule has 0 atom stereocenters. The molecule has 1 amide bonds. The maximum absolute atomic E-state index is 13.7. The smallest absolute Gasteiger partial charge is 0.229 e. The van der Waals surface area contributed by atoms with Gasteiger partial charge in [-0.2, -0.15) is 0 Å². The molecule has 0 spiro atoms. The summed E-state index contributed by atoms with van der Waals surface area (Å²) in [7, 11) is 1.58. The lowest BCUT2D eigenvalue weighted by molar-refractivity contribution is -0.115. The van der Waals surface area contributed by atoms with Gasteiger partial charge < -0.3 is 15.4 Å². The zero-order chi connectivity index (χ0) is 19.2. The number of methoxy groups -OCH3 is 1. The van der Waals surface area contributed by atoms with E-state index in [1.54, 1.807) is 31.4 Å². The number of hydrogen-bond donors (Lipinski definition) is 2. The van der Waals surface area contributed by atoms with Gasteiger partial charge in [-0.3, -0.25) is 4.79 Å². The van der Waals surface area contributed by atoms with E-state index in [0.29, 0.717) is 11.5 Å². The van der Waals surface area contributed by atoms with Crippen molar-refractivity contribution in [3.05, 3.63) is 78.0 Å². The van der Waals surface area contributed by atoms with Crippen LogP contribution in [0.2, 0.25) is 0 Å². The van der Waals surface area contributed by atoms with Crippen LogP contribution in [0, 0.1) is 11.6 Å². The second-order valence-corrected chi connectivity index (χ2v) is 5.75. The van der Waals surface area contributed by atoms with Gasteiger partial charge in [0.25, 0.3) is 0 Å². The van der Waals surface area contributed by atoms with Crippen molar-refractivity contribution >= 4 is 23.1 Å². The standard InChI is InChI=1S/C20H17F2N3O2/c1-27-16-6-2-13(3-7-16)10-20(26)25-19-9-5-15(12-23-19)24-18-8-4-14(21)11-17(18)22/h2-9,11-12,24H,10H2,1H3,(H,23,25,26). The highest BCUT2D eigenvalue weighted by atomic mass is 19.1. The van der Waals surface area contributed by atoms with E-state index in [1.807, 2.05) is 12.1 Å². The number of benzene rings is 2. The van der Waals surface area contributed by atoms with Gasteiger partial charge in [0, 0.05) is 6.07 Å². The first kappa shape index (κ1) is 18.3. The average molecular weight is 369 g/mol. The lowest BCUT2D eigenvalue weighted by atomic mass is 10.1. The second-order valence-electron chi connectivity index (χ2n) is 5.75. The Labute approximate surface area is 155 Å². The minimum atomic E-state index is -0.702. The Balaban J connectivity index is 1.58. The van der Waals surface area contributed by atoms with Gasteiger partial charge >= 0.3 is 0 Å². The Kier molecular flexibility index (Phi) is 5.61. The van der Waals surface area contributed by atoms with Gasteiger partial charge in [0.15, 0.2) is 0 Å². The fourth-order valence-electron chi connectivity index (χ4n) is 2.40. The van der Waals surface area contributed by atoms with Gasteiger partial charge in [-0.1, -0.05) is 12.1 Å². The third-order valence-corrected chi connectivity index (χ3v) is 3.76. The van der Waals surface area contributed by atoms with Crippen LogP contribution in [0.15, 0.2) is 60.8 Å². The van der Waals surface area contributed by atoms with Crippen molar-refractivity contribution in [3.8, 4) is 5.75 Å². The molecule has 0 aliphatic carbocycles. The maximum Gasteiger partial charge on any atom is 0.229 e. The number of carbonyl (C=O) groups is 1. The summed E-state index contributed by atoms with van der Waals surface area (Å²) in [5, 5.41) is 5.50. The first-order chi connectivity index (χ1) is 13.0. The Hall–Kier alpha value is -3.48. The average Bonchev–Trinajstić information content (AvgIpc) is 2.66. The van der Waals surface area contributed by atoms with Gasteiger partial charge in [0.05, 0.1) is 31.1 Å². The van der Waals surface area contributed by atoms with Crippen molar-refractivity contribution in [2.24, 2.45) is 0 Å². The number of carbonyl (C=O) groups excluding carboxylic acids is 1. The molecular formula is C20H17F2N3O2. The molecule has 0 aliphatic rings. The number of rotatable bonds is 6. The normalized spacial score (nSPS) is 10.3. The van der Waals surface area contributed by atoms with Crippen molar-refractivity contribution in [1.82, 2.24) is 4.98 Å². The maximum atomic E-state index is 13.7. The monoisotopic (exact) mass is 369 g/mol. The quantitative estimate of drug-likeness (QED) is 0.680. The zero-order valence-corrected chi connectivity index (χ0v) is 14.5. The summed E-state index contributed by atoms with van der Waals surface area (Å²) < 4.78 is 31.7. The number of nitrogens with one attached hydrogen (secondary N) is 2. The molecule has 0 saturated carbocycles. The van der Waals surface area contributed by atoms with Crippen LogP contribution in [-0.4, -0.2) is 18.0 Å². The number of aromatic nitrogens is 1. The van der Waals surface area contributed by atoms with Crippen molar-refractivity contribution in [2.75, 3.05) is 17.7 Å². The van der Waals surface area contributed by atoms with Gasteiger partial charge in [-0.05, 0) is 42.0 Å². The van der Waals surface area contributed by atoms with E-state index >= 15 is 0 Å². The number of nitrogens with zero attached hydrogens (tertiary/aromatic N) is 1. The van der Waals surface area contributed by atoms with Crippen LogP contribution in [0.4, 0.5) is 26.0 Å². The zero-order valence-electron chi connectivity index (χ0n) is 14.5. The Morgan fingerprint density at radius 1 is 1.07 bits per heavy atom. The minimum absolute atomic E-state index is 0.134. The molecule has 0 bridgehead atoms. The fraction of sp³-hybridized carbons (Fsp3) is 0.100. The van der Waals surface area contributed by atoms with E-state index in [2.05, 4.69) is 15.6 Å². The van der Waals surface area contributed by atoms with Gasteiger partial charge in [-0.15, -0.1) is 0 Å². The van der Waals surface area contributed by atoms with Crippen LogP contribution in [0.25, 0.3) is 0 Å². The summed E-state index contributed by atoms with van der Waals surface area (Å²) in [5.41, 5.74) is 1.49. The van der Waals surface area contributed by atoms with Crippen molar-refractivity contribution in [2.45, 2.75) is 6.42 Å². The van der Waals surface area contributed by atoms with Crippen molar-refractivity contribution in [1.29, 1.82) is 0 Å². The molecule has 2 aromatic carbocycles. The molecule has 5 nitrogen and oxygen atoms in total. The molecule has 27 heavy (non-hydrogen) atoms. The minimum Gasteiger partial charge on any atom is -0.497 e. The summed E-state index contributed by atoms with van der Waals surface area (Å²) in [5.74, 6) is -0.462. The van der Waals surface area contributed by atoms with Crippen molar-refractivity contribution < 1.29 is 18.3 Å². The third kappa shape index (κ3) is 5.01. The molecular weight excluding hydrogens is 352 g/mol. The predicted molar refractivity (Wildman–Crippen MR) is 99.2 cm³/mol. The van der Waals surface area contributed by atoms with E-state index in [9.17, 15) is 13.6 Å².